The Kier molecular flexibility index (Phi) is 4.31. The van der Waals surface area contributed by atoms with Gasteiger partial charge < -0.3 is 15.8 Å². The van der Waals surface area contributed by atoms with Crippen molar-refractivity contribution in [2.24, 2.45) is 5.73 Å². The van der Waals surface area contributed by atoms with Crippen molar-refractivity contribution >= 4 is 5.91 Å². The monoisotopic (exact) mass is 222 g/mol. The van der Waals surface area contributed by atoms with E-state index in [1.54, 1.807) is 7.11 Å². The fourth-order valence-corrected chi connectivity index (χ4v) is 1.58. The number of nitrogens with one attached hydrogen (secondary N) is 1. The van der Waals surface area contributed by atoms with E-state index < -0.39 is 0 Å². The molecule has 0 aromatic heterocycles. The Balaban J connectivity index is 2.74. The molecule has 16 heavy (non-hydrogen) atoms. The summed E-state index contributed by atoms with van der Waals surface area (Å²) in [7, 11) is 1.66. The summed E-state index contributed by atoms with van der Waals surface area (Å²) < 4.78 is 5.23. The molecular formula is C12H18N2O2. The summed E-state index contributed by atoms with van der Waals surface area (Å²) in [6.45, 7) is 4.90. The van der Waals surface area contributed by atoms with Crippen molar-refractivity contribution in [3.63, 3.8) is 0 Å². The molecule has 0 aliphatic rings. The Morgan fingerprint density at radius 3 is 2.62 bits per heavy atom. The molecule has 0 atom stereocenters. The fraction of sp³-hybridized carbons (Fsp3) is 0.417. The third-order valence-electron chi connectivity index (χ3n) is 2.68. The van der Waals surface area contributed by atoms with Crippen LogP contribution >= 0.6 is 0 Å². The molecule has 0 fully saturated rings. The van der Waals surface area contributed by atoms with Crippen LogP contribution in [0.4, 0.5) is 0 Å². The number of hydrogen-bond donors (Lipinski definition) is 2. The van der Waals surface area contributed by atoms with E-state index in [2.05, 4.69) is 5.32 Å². The Bertz CT molecular complexity index is 389. The summed E-state index contributed by atoms with van der Waals surface area (Å²) in [6, 6.07) is 3.93. The molecular weight excluding hydrogens is 204 g/mol. The van der Waals surface area contributed by atoms with E-state index in [0.717, 1.165) is 16.9 Å². The third kappa shape index (κ3) is 2.97. The maximum absolute atomic E-state index is 10.6. The Morgan fingerprint density at radius 2 is 2.06 bits per heavy atom. The van der Waals surface area contributed by atoms with Gasteiger partial charge in [0, 0.05) is 6.54 Å². The van der Waals surface area contributed by atoms with E-state index in [1.807, 2.05) is 26.0 Å². The first-order valence-electron chi connectivity index (χ1n) is 5.18. The van der Waals surface area contributed by atoms with Crippen LogP contribution in [-0.4, -0.2) is 19.6 Å². The molecule has 3 N–H and O–H groups in total. The largest absolute Gasteiger partial charge is 0.496 e. The highest BCUT2D eigenvalue weighted by atomic mass is 16.5. The second kappa shape index (κ2) is 5.51. The standard InChI is InChI=1S/C12H18N2O2/c1-8-9(2)11(16-3)5-4-10(8)6-14-7-12(13)15/h4-5,14H,6-7H2,1-3H3,(H2,13,15). The molecule has 88 valence electrons. The third-order valence-corrected chi connectivity index (χ3v) is 2.68. The maximum atomic E-state index is 10.6. The van der Waals surface area contributed by atoms with Gasteiger partial charge in [-0.05, 0) is 36.6 Å². The Morgan fingerprint density at radius 1 is 1.38 bits per heavy atom. The lowest BCUT2D eigenvalue weighted by Crippen LogP contribution is -2.28. The summed E-state index contributed by atoms with van der Waals surface area (Å²) in [5.41, 5.74) is 8.50. The van der Waals surface area contributed by atoms with Gasteiger partial charge >= 0.3 is 0 Å². The van der Waals surface area contributed by atoms with Crippen molar-refractivity contribution in [2.45, 2.75) is 20.4 Å². The highest BCUT2D eigenvalue weighted by molar-refractivity contribution is 5.75. The first kappa shape index (κ1) is 12.5. The van der Waals surface area contributed by atoms with Crippen molar-refractivity contribution in [1.29, 1.82) is 0 Å². The highest BCUT2D eigenvalue weighted by Crippen LogP contribution is 2.23. The van der Waals surface area contributed by atoms with Crippen molar-refractivity contribution in [1.82, 2.24) is 5.32 Å². The number of ether oxygens (including phenoxy) is 1. The number of benzene rings is 1. The van der Waals surface area contributed by atoms with E-state index in [1.165, 1.54) is 5.56 Å². The molecule has 0 heterocycles. The lowest BCUT2D eigenvalue weighted by atomic mass is 10.0. The van der Waals surface area contributed by atoms with Crippen LogP contribution in [0.25, 0.3) is 0 Å². The van der Waals surface area contributed by atoms with Gasteiger partial charge in [0.2, 0.25) is 5.91 Å². The van der Waals surface area contributed by atoms with Crippen molar-refractivity contribution in [2.75, 3.05) is 13.7 Å². The maximum Gasteiger partial charge on any atom is 0.231 e. The van der Waals surface area contributed by atoms with E-state index >= 15 is 0 Å². The molecule has 0 saturated carbocycles. The van der Waals surface area contributed by atoms with E-state index in [0.29, 0.717) is 6.54 Å². The van der Waals surface area contributed by atoms with Crippen molar-refractivity contribution in [3.8, 4) is 5.75 Å². The Labute approximate surface area is 95.8 Å². The molecule has 0 spiro atoms. The van der Waals surface area contributed by atoms with E-state index in [4.69, 9.17) is 10.5 Å². The van der Waals surface area contributed by atoms with Crippen molar-refractivity contribution < 1.29 is 9.53 Å². The molecule has 0 aliphatic heterocycles. The molecule has 1 amide bonds. The van der Waals surface area contributed by atoms with Crippen molar-refractivity contribution in [3.05, 3.63) is 28.8 Å². The van der Waals surface area contributed by atoms with Gasteiger partial charge in [0.1, 0.15) is 5.75 Å². The van der Waals surface area contributed by atoms with Gasteiger partial charge in [0.05, 0.1) is 13.7 Å². The van der Waals surface area contributed by atoms with Crippen LogP contribution in [0.2, 0.25) is 0 Å². The average Bonchev–Trinajstić information content (AvgIpc) is 2.24. The minimum absolute atomic E-state index is 0.199. The van der Waals surface area contributed by atoms with Gasteiger partial charge in [-0.25, -0.2) is 0 Å². The summed E-state index contributed by atoms with van der Waals surface area (Å²) in [6.07, 6.45) is 0. The summed E-state index contributed by atoms with van der Waals surface area (Å²) >= 11 is 0. The summed E-state index contributed by atoms with van der Waals surface area (Å²) in [5.74, 6) is 0.541. The van der Waals surface area contributed by atoms with Crippen LogP contribution in [0.5, 0.6) is 5.75 Å². The van der Waals surface area contributed by atoms with Crippen LogP contribution in [-0.2, 0) is 11.3 Å². The van der Waals surface area contributed by atoms with Crippen LogP contribution in [0, 0.1) is 13.8 Å². The van der Waals surface area contributed by atoms with Gasteiger partial charge in [-0.1, -0.05) is 6.07 Å². The highest BCUT2D eigenvalue weighted by Gasteiger charge is 2.06. The molecule has 1 rings (SSSR count). The van der Waals surface area contributed by atoms with Crippen LogP contribution in [0.3, 0.4) is 0 Å². The number of carbonyl (C=O) groups excluding carboxylic acids is 1. The van der Waals surface area contributed by atoms with Gasteiger partial charge in [0.25, 0.3) is 0 Å². The van der Waals surface area contributed by atoms with Gasteiger partial charge in [-0.2, -0.15) is 0 Å². The molecule has 0 saturated heterocycles. The van der Waals surface area contributed by atoms with E-state index in [9.17, 15) is 4.79 Å². The predicted octanol–water partition coefficient (Wildman–Crippen LogP) is 0.887. The van der Waals surface area contributed by atoms with Crippen LogP contribution in [0.15, 0.2) is 12.1 Å². The first-order valence-corrected chi connectivity index (χ1v) is 5.18. The average molecular weight is 222 g/mol. The second-order valence-corrected chi connectivity index (χ2v) is 3.75. The number of primary amides is 1. The quantitative estimate of drug-likeness (QED) is 0.777. The van der Waals surface area contributed by atoms with Crippen LogP contribution < -0.4 is 15.8 Å². The fourth-order valence-electron chi connectivity index (χ4n) is 1.58. The SMILES string of the molecule is COc1ccc(CNCC(N)=O)c(C)c1C. The predicted molar refractivity (Wildman–Crippen MR) is 63.4 cm³/mol. The number of carbonyl (C=O) groups is 1. The first-order chi connectivity index (χ1) is 7.56. The van der Waals surface area contributed by atoms with Crippen LogP contribution in [0.1, 0.15) is 16.7 Å². The number of hydrogen-bond acceptors (Lipinski definition) is 3. The number of methoxy groups -OCH3 is 1. The molecule has 1 aromatic rings. The molecule has 4 heteroatoms. The number of amides is 1. The van der Waals surface area contributed by atoms with E-state index in [-0.39, 0.29) is 12.5 Å². The zero-order valence-corrected chi connectivity index (χ0v) is 9.96. The molecule has 4 nitrogen and oxygen atoms in total. The summed E-state index contributed by atoms with van der Waals surface area (Å²) in [5, 5.41) is 2.99. The minimum atomic E-state index is -0.345. The second-order valence-electron chi connectivity index (χ2n) is 3.75. The zero-order chi connectivity index (χ0) is 12.1. The van der Waals surface area contributed by atoms with Gasteiger partial charge in [0.15, 0.2) is 0 Å². The smallest absolute Gasteiger partial charge is 0.231 e. The topological polar surface area (TPSA) is 64.3 Å². The lowest BCUT2D eigenvalue weighted by molar-refractivity contribution is -0.117. The molecule has 0 aliphatic carbocycles. The molecule has 1 aromatic carbocycles. The zero-order valence-electron chi connectivity index (χ0n) is 9.96. The molecule has 0 unspecified atom stereocenters. The number of rotatable bonds is 5. The minimum Gasteiger partial charge on any atom is -0.496 e. The van der Waals surface area contributed by atoms with Gasteiger partial charge in [-0.15, -0.1) is 0 Å². The molecule has 0 bridgehead atoms. The number of nitrogens with two attached hydrogens (primary N) is 1. The summed E-state index contributed by atoms with van der Waals surface area (Å²) in [4.78, 5) is 10.6. The normalized spacial score (nSPS) is 10.2. The Hall–Kier alpha value is -1.55. The molecule has 0 radical (unpaired) electrons. The lowest BCUT2D eigenvalue weighted by Gasteiger charge is -2.12. The van der Waals surface area contributed by atoms with Gasteiger partial charge in [-0.3, -0.25) is 4.79 Å².